The van der Waals surface area contributed by atoms with Crippen LogP contribution in [0.25, 0.3) is 0 Å². The molecular weight excluding hydrogens is 224 g/mol. The van der Waals surface area contributed by atoms with Gasteiger partial charge < -0.3 is 10.6 Å². The molecule has 2 N–H and O–H groups in total. The van der Waals surface area contributed by atoms with Crippen molar-refractivity contribution >= 4 is 11.4 Å². The molecule has 2 rings (SSSR count). The first-order valence-electron chi connectivity index (χ1n) is 5.76. The summed E-state index contributed by atoms with van der Waals surface area (Å²) in [5.74, 6) is 0. The van der Waals surface area contributed by atoms with Gasteiger partial charge in [0.05, 0.1) is 6.54 Å². The SMILES string of the molecule is Nc1ccc(N2CCN(CC(F)F)CC2)cc1. The second-order valence-electron chi connectivity index (χ2n) is 4.27. The van der Waals surface area contributed by atoms with Crippen LogP contribution in [-0.4, -0.2) is 44.0 Å². The van der Waals surface area contributed by atoms with Crippen molar-refractivity contribution in [3.05, 3.63) is 24.3 Å². The zero-order chi connectivity index (χ0) is 12.3. The van der Waals surface area contributed by atoms with Gasteiger partial charge in [-0.25, -0.2) is 8.78 Å². The number of hydrogen-bond donors (Lipinski definition) is 1. The largest absolute Gasteiger partial charge is 0.399 e. The number of alkyl halides is 2. The van der Waals surface area contributed by atoms with Gasteiger partial charge in [-0.05, 0) is 24.3 Å². The smallest absolute Gasteiger partial charge is 0.251 e. The summed E-state index contributed by atoms with van der Waals surface area (Å²) in [6, 6.07) is 7.66. The lowest BCUT2D eigenvalue weighted by atomic mass is 10.2. The van der Waals surface area contributed by atoms with Gasteiger partial charge >= 0.3 is 0 Å². The third-order valence-electron chi connectivity index (χ3n) is 3.03. The first kappa shape index (κ1) is 12.1. The molecule has 3 nitrogen and oxygen atoms in total. The molecule has 5 heteroatoms. The topological polar surface area (TPSA) is 32.5 Å². The zero-order valence-corrected chi connectivity index (χ0v) is 9.65. The fourth-order valence-corrected chi connectivity index (χ4v) is 2.07. The van der Waals surface area contributed by atoms with Gasteiger partial charge in [0, 0.05) is 37.6 Å². The summed E-state index contributed by atoms with van der Waals surface area (Å²) >= 11 is 0. The maximum Gasteiger partial charge on any atom is 0.251 e. The van der Waals surface area contributed by atoms with E-state index >= 15 is 0 Å². The lowest BCUT2D eigenvalue weighted by Crippen LogP contribution is -2.47. The fraction of sp³-hybridized carbons (Fsp3) is 0.500. The summed E-state index contributed by atoms with van der Waals surface area (Å²) in [6.45, 7) is 2.84. The quantitative estimate of drug-likeness (QED) is 0.817. The standard InChI is InChI=1S/C12H17F2N3/c13-12(14)9-16-5-7-17(8-6-16)11-3-1-10(15)2-4-11/h1-4,12H,5-9,15H2. The Kier molecular flexibility index (Phi) is 3.78. The Bertz CT molecular complexity index is 345. The summed E-state index contributed by atoms with van der Waals surface area (Å²) in [5.41, 5.74) is 7.47. The molecular formula is C12H17F2N3. The summed E-state index contributed by atoms with van der Waals surface area (Å²) in [5, 5.41) is 0. The second-order valence-corrected chi connectivity index (χ2v) is 4.27. The predicted octanol–water partition coefficient (Wildman–Crippen LogP) is 1.66. The molecule has 17 heavy (non-hydrogen) atoms. The number of anilines is 2. The highest BCUT2D eigenvalue weighted by Gasteiger charge is 2.19. The molecule has 0 aliphatic carbocycles. The van der Waals surface area contributed by atoms with E-state index in [0.717, 1.165) is 24.5 Å². The molecule has 1 aromatic rings. The van der Waals surface area contributed by atoms with Crippen LogP contribution >= 0.6 is 0 Å². The van der Waals surface area contributed by atoms with Gasteiger partial charge in [-0.2, -0.15) is 0 Å². The van der Waals surface area contributed by atoms with Crippen LogP contribution < -0.4 is 10.6 Å². The molecule has 1 heterocycles. The van der Waals surface area contributed by atoms with Crippen LogP contribution in [0.4, 0.5) is 20.2 Å². The molecule has 0 amide bonds. The number of nitrogens with zero attached hydrogens (tertiary/aromatic N) is 2. The van der Waals surface area contributed by atoms with Crippen LogP contribution in [-0.2, 0) is 0 Å². The molecule has 1 saturated heterocycles. The lowest BCUT2D eigenvalue weighted by molar-refractivity contribution is 0.0854. The average Bonchev–Trinajstić information content (AvgIpc) is 2.30. The molecule has 94 valence electrons. The number of nitrogen functional groups attached to an aromatic ring is 1. The summed E-state index contributed by atoms with van der Waals surface area (Å²) in [6.07, 6.45) is -2.24. The highest BCUT2D eigenvalue weighted by molar-refractivity contribution is 5.53. The highest BCUT2D eigenvalue weighted by atomic mass is 19.3. The van der Waals surface area contributed by atoms with Crippen molar-refractivity contribution in [1.82, 2.24) is 4.90 Å². The van der Waals surface area contributed by atoms with Gasteiger partial charge in [0.2, 0.25) is 0 Å². The van der Waals surface area contributed by atoms with Crippen molar-refractivity contribution in [2.75, 3.05) is 43.4 Å². The molecule has 1 fully saturated rings. The number of piperazine rings is 1. The van der Waals surface area contributed by atoms with Crippen LogP contribution in [0, 0.1) is 0 Å². The van der Waals surface area contributed by atoms with Gasteiger partial charge in [-0.1, -0.05) is 0 Å². The van der Waals surface area contributed by atoms with E-state index in [1.54, 1.807) is 4.90 Å². The van der Waals surface area contributed by atoms with Gasteiger partial charge in [-0.15, -0.1) is 0 Å². The number of halogens is 2. The van der Waals surface area contributed by atoms with E-state index in [0.29, 0.717) is 13.1 Å². The molecule has 0 atom stereocenters. The lowest BCUT2D eigenvalue weighted by Gasteiger charge is -2.35. The summed E-state index contributed by atoms with van der Waals surface area (Å²) in [4.78, 5) is 4.00. The molecule has 0 aromatic heterocycles. The van der Waals surface area contributed by atoms with Gasteiger partial charge in [0.15, 0.2) is 0 Å². The Morgan fingerprint density at radius 1 is 1.06 bits per heavy atom. The highest BCUT2D eigenvalue weighted by Crippen LogP contribution is 2.18. The Balaban J connectivity index is 1.88. The van der Waals surface area contributed by atoms with Crippen LogP contribution in [0.5, 0.6) is 0 Å². The number of rotatable bonds is 3. The summed E-state index contributed by atoms with van der Waals surface area (Å²) < 4.78 is 24.4. The molecule has 0 unspecified atom stereocenters. The maximum absolute atomic E-state index is 12.2. The first-order valence-corrected chi connectivity index (χ1v) is 5.76. The number of hydrogen-bond acceptors (Lipinski definition) is 3. The molecule has 0 radical (unpaired) electrons. The third-order valence-corrected chi connectivity index (χ3v) is 3.03. The van der Waals surface area contributed by atoms with E-state index < -0.39 is 6.43 Å². The van der Waals surface area contributed by atoms with Gasteiger partial charge in [0.1, 0.15) is 0 Å². The van der Waals surface area contributed by atoms with E-state index in [4.69, 9.17) is 5.73 Å². The normalized spacial score (nSPS) is 17.7. The maximum atomic E-state index is 12.2. The van der Waals surface area contributed by atoms with Crippen molar-refractivity contribution in [3.63, 3.8) is 0 Å². The average molecular weight is 241 g/mol. The van der Waals surface area contributed by atoms with Crippen molar-refractivity contribution < 1.29 is 8.78 Å². The minimum atomic E-state index is -2.24. The van der Waals surface area contributed by atoms with Crippen molar-refractivity contribution in [2.45, 2.75) is 6.43 Å². The molecule has 0 saturated carbocycles. The number of benzene rings is 1. The Labute approximate surface area is 99.8 Å². The van der Waals surface area contributed by atoms with E-state index in [1.165, 1.54) is 0 Å². The van der Waals surface area contributed by atoms with Crippen LogP contribution in [0.1, 0.15) is 0 Å². The van der Waals surface area contributed by atoms with E-state index in [2.05, 4.69) is 4.90 Å². The monoisotopic (exact) mass is 241 g/mol. The van der Waals surface area contributed by atoms with Crippen molar-refractivity contribution in [1.29, 1.82) is 0 Å². The third kappa shape index (κ3) is 3.30. The first-order chi connectivity index (χ1) is 8.15. The molecule has 1 aliphatic rings. The molecule has 1 aromatic carbocycles. The van der Waals surface area contributed by atoms with E-state index in [9.17, 15) is 8.78 Å². The molecule has 0 spiro atoms. The second kappa shape index (κ2) is 5.31. The minimum Gasteiger partial charge on any atom is -0.399 e. The van der Waals surface area contributed by atoms with Crippen LogP contribution in [0.3, 0.4) is 0 Å². The van der Waals surface area contributed by atoms with Gasteiger partial charge in [-0.3, -0.25) is 4.90 Å². The number of nitrogens with two attached hydrogens (primary N) is 1. The fourth-order valence-electron chi connectivity index (χ4n) is 2.07. The predicted molar refractivity (Wildman–Crippen MR) is 65.5 cm³/mol. The molecule has 1 aliphatic heterocycles. The van der Waals surface area contributed by atoms with Crippen molar-refractivity contribution in [2.24, 2.45) is 0 Å². The van der Waals surface area contributed by atoms with Crippen molar-refractivity contribution in [3.8, 4) is 0 Å². The Hall–Kier alpha value is -1.36. The Morgan fingerprint density at radius 2 is 1.65 bits per heavy atom. The summed E-state index contributed by atoms with van der Waals surface area (Å²) in [7, 11) is 0. The van der Waals surface area contributed by atoms with Crippen LogP contribution in [0.15, 0.2) is 24.3 Å². The van der Waals surface area contributed by atoms with E-state index in [-0.39, 0.29) is 6.54 Å². The zero-order valence-electron chi connectivity index (χ0n) is 9.65. The Morgan fingerprint density at radius 3 is 2.18 bits per heavy atom. The van der Waals surface area contributed by atoms with Gasteiger partial charge in [0.25, 0.3) is 6.43 Å². The van der Waals surface area contributed by atoms with E-state index in [1.807, 2.05) is 24.3 Å². The van der Waals surface area contributed by atoms with Crippen LogP contribution in [0.2, 0.25) is 0 Å². The molecule has 0 bridgehead atoms. The minimum absolute atomic E-state index is 0.115.